The summed E-state index contributed by atoms with van der Waals surface area (Å²) in [6.07, 6.45) is 0.416. The van der Waals surface area contributed by atoms with Gasteiger partial charge in [-0.05, 0) is 25.5 Å². The maximum absolute atomic E-state index is 12.8. The first-order valence-electron chi connectivity index (χ1n) is 7.16. The SMILES string of the molecule is [C-]#[N+]c1cc(N)c2c(=O)n(C3CCC(=O)CC3=O)c(C)nc2c1. The number of benzene rings is 1. The number of ketones is 2. The highest BCUT2D eigenvalue weighted by atomic mass is 16.2. The Kier molecular flexibility index (Phi) is 3.45. The molecule has 2 aromatic rings. The van der Waals surface area contributed by atoms with Crippen molar-refractivity contribution < 1.29 is 9.59 Å². The fourth-order valence-corrected chi connectivity index (χ4v) is 3.01. The second-order valence-electron chi connectivity index (χ2n) is 5.61. The number of nitrogen functional groups attached to an aromatic ring is 1. The molecule has 0 radical (unpaired) electrons. The standard InChI is InChI=1S/C16H14N4O3/c1-8-19-12-6-9(18-2)5-11(17)15(12)16(23)20(8)13-4-3-10(21)7-14(13)22/h5-6,13H,3-4,7,17H2,1H3. The van der Waals surface area contributed by atoms with Gasteiger partial charge in [0.05, 0.1) is 29.9 Å². The van der Waals surface area contributed by atoms with Gasteiger partial charge in [0.25, 0.3) is 5.56 Å². The number of nitrogens with zero attached hydrogens (tertiary/aromatic N) is 3. The predicted molar refractivity (Wildman–Crippen MR) is 84.3 cm³/mol. The molecule has 0 spiro atoms. The minimum absolute atomic E-state index is 0.105. The summed E-state index contributed by atoms with van der Waals surface area (Å²) in [5.74, 6) is -0.00686. The Hall–Kier alpha value is -3.01. The van der Waals surface area contributed by atoms with E-state index in [2.05, 4.69) is 9.83 Å². The van der Waals surface area contributed by atoms with Gasteiger partial charge in [0.1, 0.15) is 11.6 Å². The lowest BCUT2D eigenvalue weighted by Crippen LogP contribution is -2.36. The van der Waals surface area contributed by atoms with Gasteiger partial charge in [0.15, 0.2) is 11.5 Å². The van der Waals surface area contributed by atoms with Gasteiger partial charge in [-0.3, -0.25) is 19.0 Å². The molecule has 1 aromatic carbocycles. The molecule has 0 aliphatic heterocycles. The molecule has 2 N–H and O–H groups in total. The van der Waals surface area contributed by atoms with Gasteiger partial charge in [-0.1, -0.05) is 0 Å². The molecule has 0 bridgehead atoms. The third-order valence-electron chi connectivity index (χ3n) is 4.08. The normalized spacial score (nSPS) is 18.2. The summed E-state index contributed by atoms with van der Waals surface area (Å²) >= 11 is 0. The third-order valence-corrected chi connectivity index (χ3v) is 4.08. The maximum Gasteiger partial charge on any atom is 0.264 e. The highest BCUT2D eigenvalue weighted by Crippen LogP contribution is 2.27. The topological polar surface area (TPSA) is 99.4 Å². The quantitative estimate of drug-likeness (QED) is 0.491. The van der Waals surface area contributed by atoms with Gasteiger partial charge in [-0.25, -0.2) is 9.83 Å². The van der Waals surface area contributed by atoms with Crippen molar-refractivity contribution in [1.29, 1.82) is 0 Å². The van der Waals surface area contributed by atoms with Gasteiger partial charge in [-0.15, -0.1) is 0 Å². The van der Waals surface area contributed by atoms with Crippen molar-refractivity contribution in [2.75, 3.05) is 5.73 Å². The number of aryl methyl sites for hydroxylation is 1. The van der Waals surface area contributed by atoms with E-state index < -0.39 is 11.6 Å². The van der Waals surface area contributed by atoms with E-state index in [4.69, 9.17) is 12.3 Å². The number of hydrogen-bond acceptors (Lipinski definition) is 5. The van der Waals surface area contributed by atoms with Crippen LogP contribution in [0.15, 0.2) is 16.9 Å². The van der Waals surface area contributed by atoms with E-state index in [9.17, 15) is 14.4 Å². The molecule has 1 fully saturated rings. The molecule has 7 nitrogen and oxygen atoms in total. The number of rotatable bonds is 1. The zero-order chi connectivity index (χ0) is 16.7. The van der Waals surface area contributed by atoms with Crippen molar-refractivity contribution in [2.24, 2.45) is 0 Å². The first-order chi connectivity index (χ1) is 10.9. The first kappa shape index (κ1) is 14.9. The third kappa shape index (κ3) is 2.38. The lowest BCUT2D eigenvalue weighted by molar-refractivity contribution is -0.132. The number of nitrogens with two attached hydrogens (primary N) is 1. The van der Waals surface area contributed by atoms with Crippen LogP contribution in [0.1, 0.15) is 31.1 Å². The molecule has 0 amide bonds. The van der Waals surface area contributed by atoms with Crippen molar-refractivity contribution >= 4 is 33.8 Å². The van der Waals surface area contributed by atoms with Crippen LogP contribution < -0.4 is 11.3 Å². The smallest absolute Gasteiger partial charge is 0.264 e. The number of fused-ring (bicyclic) bond motifs is 1. The van der Waals surface area contributed by atoms with Crippen LogP contribution in [0.3, 0.4) is 0 Å². The molecule has 116 valence electrons. The van der Waals surface area contributed by atoms with Gasteiger partial charge in [0, 0.05) is 12.1 Å². The maximum atomic E-state index is 12.8. The molecular formula is C16H14N4O3. The lowest BCUT2D eigenvalue weighted by atomic mass is 9.92. The molecule has 1 atom stereocenters. The summed E-state index contributed by atoms with van der Waals surface area (Å²) in [6, 6.07) is 2.24. The van der Waals surface area contributed by atoms with E-state index in [0.717, 1.165) is 0 Å². The second kappa shape index (κ2) is 5.32. The minimum Gasteiger partial charge on any atom is -0.399 e. The monoisotopic (exact) mass is 310 g/mol. The van der Waals surface area contributed by atoms with Crippen molar-refractivity contribution in [3.05, 3.63) is 39.7 Å². The Labute approximate surface area is 131 Å². The molecule has 7 heteroatoms. The van der Waals surface area contributed by atoms with Crippen molar-refractivity contribution in [2.45, 2.75) is 32.2 Å². The van der Waals surface area contributed by atoms with E-state index in [-0.39, 0.29) is 35.5 Å². The molecule has 23 heavy (non-hydrogen) atoms. The number of anilines is 1. The van der Waals surface area contributed by atoms with Gasteiger partial charge < -0.3 is 5.73 Å². The van der Waals surface area contributed by atoms with E-state index >= 15 is 0 Å². The first-order valence-corrected chi connectivity index (χ1v) is 7.16. The summed E-state index contributed by atoms with van der Waals surface area (Å²) in [6.45, 7) is 8.68. The largest absolute Gasteiger partial charge is 0.399 e. The van der Waals surface area contributed by atoms with Crippen LogP contribution >= 0.6 is 0 Å². The summed E-state index contributed by atoms with van der Waals surface area (Å²) in [5.41, 5.74) is 6.31. The van der Waals surface area contributed by atoms with Crippen LogP contribution in [0.25, 0.3) is 15.7 Å². The van der Waals surface area contributed by atoms with Gasteiger partial charge >= 0.3 is 0 Å². The summed E-state index contributed by atoms with van der Waals surface area (Å²) in [4.78, 5) is 44.0. The predicted octanol–water partition coefficient (Wildman–Crippen LogP) is 1.70. The van der Waals surface area contributed by atoms with Gasteiger partial charge in [-0.2, -0.15) is 0 Å². The summed E-state index contributed by atoms with van der Waals surface area (Å²) in [5, 5.41) is 0.202. The molecule has 1 unspecified atom stereocenters. The molecule has 0 saturated heterocycles. The van der Waals surface area contributed by atoms with Crippen molar-refractivity contribution in [3.63, 3.8) is 0 Å². The van der Waals surface area contributed by atoms with Crippen LogP contribution in [0.2, 0.25) is 0 Å². The molecule has 1 aromatic heterocycles. The number of aromatic nitrogens is 2. The van der Waals surface area contributed by atoms with E-state index in [1.165, 1.54) is 16.7 Å². The Morgan fingerprint density at radius 1 is 1.35 bits per heavy atom. The molecule has 1 aliphatic rings. The van der Waals surface area contributed by atoms with Crippen LogP contribution in [0.4, 0.5) is 11.4 Å². The Balaban J connectivity index is 2.25. The van der Waals surface area contributed by atoms with Crippen LogP contribution in [0.5, 0.6) is 0 Å². The summed E-state index contributed by atoms with van der Waals surface area (Å²) < 4.78 is 1.32. The van der Waals surface area contributed by atoms with Crippen LogP contribution in [-0.4, -0.2) is 21.1 Å². The van der Waals surface area contributed by atoms with E-state index in [1.54, 1.807) is 6.92 Å². The average molecular weight is 310 g/mol. The zero-order valence-corrected chi connectivity index (χ0v) is 12.5. The number of carbonyl (C=O) groups is 2. The fourth-order valence-electron chi connectivity index (χ4n) is 3.01. The van der Waals surface area contributed by atoms with Crippen LogP contribution in [0, 0.1) is 13.5 Å². The number of carbonyl (C=O) groups excluding carboxylic acids is 2. The lowest BCUT2D eigenvalue weighted by Gasteiger charge is -2.24. The fraction of sp³-hybridized carbons (Fsp3) is 0.312. The van der Waals surface area contributed by atoms with Gasteiger partial charge in [0.2, 0.25) is 0 Å². The molecule has 1 aliphatic carbocycles. The molecule has 3 rings (SSSR count). The molecule has 1 heterocycles. The average Bonchev–Trinajstić information content (AvgIpc) is 2.48. The molecular weight excluding hydrogens is 296 g/mol. The second-order valence-corrected chi connectivity index (χ2v) is 5.61. The number of hydrogen-bond donors (Lipinski definition) is 1. The minimum atomic E-state index is -0.683. The number of Topliss-reactive ketones (excluding diaryl/α,β-unsaturated/α-hetero) is 2. The molecule has 1 saturated carbocycles. The highest BCUT2D eigenvalue weighted by Gasteiger charge is 2.30. The van der Waals surface area contributed by atoms with E-state index in [1.807, 2.05) is 0 Å². The Bertz CT molecular complexity index is 952. The van der Waals surface area contributed by atoms with E-state index in [0.29, 0.717) is 23.4 Å². The van der Waals surface area contributed by atoms with Crippen molar-refractivity contribution in [1.82, 2.24) is 9.55 Å². The Morgan fingerprint density at radius 2 is 2.09 bits per heavy atom. The zero-order valence-electron chi connectivity index (χ0n) is 12.5. The van der Waals surface area contributed by atoms with Crippen molar-refractivity contribution in [3.8, 4) is 0 Å². The summed E-state index contributed by atoms with van der Waals surface area (Å²) in [7, 11) is 0. The van der Waals surface area contributed by atoms with Crippen LogP contribution in [-0.2, 0) is 9.59 Å². The Morgan fingerprint density at radius 3 is 2.74 bits per heavy atom. The highest BCUT2D eigenvalue weighted by molar-refractivity contribution is 6.03.